The topological polar surface area (TPSA) is 58.6 Å². The van der Waals surface area contributed by atoms with Gasteiger partial charge < -0.3 is 14.9 Å². The number of nitrogens with one attached hydrogen (secondary N) is 1. The fourth-order valence-corrected chi connectivity index (χ4v) is 2.66. The lowest BCUT2D eigenvalue weighted by atomic mass is 10.1. The van der Waals surface area contributed by atoms with Gasteiger partial charge in [-0.2, -0.15) is 0 Å². The third-order valence-electron chi connectivity index (χ3n) is 2.47. The minimum absolute atomic E-state index is 0.100. The van der Waals surface area contributed by atoms with Gasteiger partial charge in [0.05, 0.1) is 12.3 Å². The van der Waals surface area contributed by atoms with Gasteiger partial charge in [-0.05, 0) is 19.4 Å². The van der Waals surface area contributed by atoms with E-state index >= 15 is 0 Å². The molecule has 0 spiro atoms. The maximum atomic E-state index is 11.5. The molecule has 0 aliphatic carbocycles. The molecule has 4 nitrogen and oxygen atoms in total. The zero-order valence-corrected chi connectivity index (χ0v) is 9.09. The summed E-state index contributed by atoms with van der Waals surface area (Å²) in [4.78, 5) is 0. The Bertz CT molecular complexity index is 204. The van der Waals surface area contributed by atoms with Gasteiger partial charge in [0.2, 0.25) is 7.37 Å². The maximum absolute atomic E-state index is 11.5. The average molecular weight is 207 g/mol. The van der Waals surface area contributed by atoms with Crippen molar-refractivity contribution in [1.29, 1.82) is 0 Å². The molecular weight excluding hydrogens is 189 g/mol. The molecule has 1 fully saturated rings. The highest BCUT2D eigenvalue weighted by Gasteiger charge is 2.28. The van der Waals surface area contributed by atoms with Gasteiger partial charge in [0.25, 0.3) is 0 Å². The molecule has 0 amide bonds. The molecule has 1 heterocycles. The Morgan fingerprint density at radius 2 is 2.46 bits per heavy atom. The first kappa shape index (κ1) is 11.2. The quantitative estimate of drug-likeness (QED) is 0.665. The highest BCUT2D eigenvalue weighted by Crippen LogP contribution is 2.42. The van der Waals surface area contributed by atoms with Crippen molar-refractivity contribution in [3.05, 3.63) is 0 Å². The molecule has 0 bridgehead atoms. The second-order valence-electron chi connectivity index (χ2n) is 3.65. The molecular formula is C8H18NO3P. The van der Waals surface area contributed by atoms with Crippen molar-refractivity contribution in [3.8, 4) is 0 Å². The molecule has 0 aromatic carbocycles. The smallest absolute Gasteiger partial charge is 0.202 e. The normalized spacial score (nSPS) is 29.9. The standard InChI is InChI=1S/C8H18NO3P/c1-12-13(2,11)6-8(10)7-4-3-5-9-7/h7-10H,3-6H2,1-2H3/t7-,8+,13?/m0/s1. The van der Waals surface area contributed by atoms with Crippen LogP contribution in [0.2, 0.25) is 0 Å². The number of aliphatic hydroxyl groups excluding tert-OH is 1. The van der Waals surface area contributed by atoms with Crippen molar-refractivity contribution in [3.63, 3.8) is 0 Å². The molecule has 1 aliphatic heterocycles. The first-order chi connectivity index (χ1) is 6.05. The van der Waals surface area contributed by atoms with Crippen LogP contribution in [0.4, 0.5) is 0 Å². The summed E-state index contributed by atoms with van der Waals surface area (Å²) in [6.07, 6.45) is 1.76. The minimum Gasteiger partial charge on any atom is -0.391 e. The summed E-state index contributed by atoms with van der Waals surface area (Å²) in [7, 11) is -1.15. The number of hydrogen-bond acceptors (Lipinski definition) is 4. The Morgan fingerprint density at radius 3 is 2.92 bits per heavy atom. The molecule has 13 heavy (non-hydrogen) atoms. The molecule has 1 rings (SSSR count). The summed E-state index contributed by atoms with van der Waals surface area (Å²) in [5, 5.41) is 12.9. The lowest BCUT2D eigenvalue weighted by Gasteiger charge is -2.21. The van der Waals surface area contributed by atoms with Crippen LogP contribution in [0.5, 0.6) is 0 Å². The van der Waals surface area contributed by atoms with E-state index in [4.69, 9.17) is 4.52 Å². The van der Waals surface area contributed by atoms with Crippen LogP contribution in [-0.4, -0.2) is 43.7 Å². The Balaban J connectivity index is 2.39. The Morgan fingerprint density at radius 1 is 1.77 bits per heavy atom. The Labute approximate surface area is 79.1 Å². The minimum atomic E-state index is -2.57. The largest absolute Gasteiger partial charge is 0.391 e. The molecule has 0 aromatic rings. The highest BCUT2D eigenvalue weighted by atomic mass is 31.2. The first-order valence-corrected chi connectivity index (χ1v) is 6.84. The molecule has 78 valence electrons. The van der Waals surface area contributed by atoms with Crippen LogP contribution in [0.1, 0.15) is 12.8 Å². The van der Waals surface area contributed by atoms with Gasteiger partial charge in [0, 0.05) is 19.8 Å². The van der Waals surface area contributed by atoms with E-state index < -0.39 is 13.5 Å². The van der Waals surface area contributed by atoms with Gasteiger partial charge in [-0.25, -0.2) is 0 Å². The molecule has 0 aromatic heterocycles. The van der Waals surface area contributed by atoms with Crippen molar-refractivity contribution in [1.82, 2.24) is 5.32 Å². The van der Waals surface area contributed by atoms with E-state index in [0.717, 1.165) is 19.4 Å². The van der Waals surface area contributed by atoms with Crippen LogP contribution < -0.4 is 5.32 Å². The summed E-state index contributed by atoms with van der Waals surface area (Å²) in [6, 6.07) is 0.100. The van der Waals surface area contributed by atoms with E-state index in [1.54, 1.807) is 6.66 Å². The zero-order chi connectivity index (χ0) is 9.90. The average Bonchev–Trinajstić information content (AvgIpc) is 2.55. The molecule has 1 unspecified atom stereocenters. The molecule has 3 atom stereocenters. The van der Waals surface area contributed by atoms with Crippen LogP contribution in [0.3, 0.4) is 0 Å². The second-order valence-corrected chi connectivity index (χ2v) is 6.41. The number of rotatable bonds is 4. The molecule has 1 saturated heterocycles. The summed E-state index contributed by atoms with van der Waals surface area (Å²) in [6.45, 7) is 2.51. The van der Waals surface area contributed by atoms with Crippen molar-refractivity contribution in [2.24, 2.45) is 0 Å². The van der Waals surface area contributed by atoms with Crippen LogP contribution in [0, 0.1) is 0 Å². The Hall–Kier alpha value is 0.110. The molecule has 1 aliphatic rings. The SMILES string of the molecule is COP(C)(=O)C[C@@H](O)[C@@H]1CCCN1. The summed E-state index contributed by atoms with van der Waals surface area (Å²) < 4.78 is 16.4. The molecule has 0 saturated carbocycles. The van der Waals surface area contributed by atoms with Crippen molar-refractivity contribution in [2.45, 2.75) is 25.0 Å². The molecule has 5 heteroatoms. The van der Waals surface area contributed by atoms with Crippen LogP contribution >= 0.6 is 7.37 Å². The first-order valence-electron chi connectivity index (χ1n) is 4.59. The Kier molecular flexibility index (Phi) is 3.92. The van der Waals surface area contributed by atoms with Gasteiger partial charge in [-0.15, -0.1) is 0 Å². The predicted molar refractivity (Wildman–Crippen MR) is 52.4 cm³/mol. The van der Waals surface area contributed by atoms with Crippen LogP contribution in [0.15, 0.2) is 0 Å². The summed E-state index contributed by atoms with van der Waals surface area (Å²) in [5.74, 6) is 0. The summed E-state index contributed by atoms with van der Waals surface area (Å²) in [5.41, 5.74) is 0. The second kappa shape index (κ2) is 4.56. The van der Waals surface area contributed by atoms with E-state index in [9.17, 15) is 9.67 Å². The van der Waals surface area contributed by atoms with E-state index in [-0.39, 0.29) is 12.2 Å². The summed E-state index contributed by atoms with van der Waals surface area (Å²) >= 11 is 0. The monoisotopic (exact) mass is 207 g/mol. The predicted octanol–water partition coefficient (Wildman–Crippen LogP) is 0.654. The fraction of sp³-hybridized carbons (Fsp3) is 1.00. The van der Waals surface area contributed by atoms with E-state index in [1.807, 2.05) is 0 Å². The van der Waals surface area contributed by atoms with Crippen molar-refractivity contribution in [2.75, 3.05) is 26.5 Å². The third-order valence-corrected chi connectivity index (χ3v) is 4.28. The van der Waals surface area contributed by atoms with E-state index in [2.05, 4.69) is 5.32 Å². The van der Waals surface area contributed by atoms with Gasteiger partial charge in [-0.1, -0.05) is 0 Å². The van der Waals surface area contributed by atoms with Gasteiger partial charge in [-0.3, -0.25) is 4.57 Å². The van der Waals surface area contributed by atoms with Crippen LogP contribution in [-0.2, 0) is 9.09 Å². The van der Waals surface area contributed by atoms with Gasteiger partial charge >= 0.3 is 0 Å². The van der Waals surface area contributed by atoms with Crippen LogP contribution in [0.25, 0.3) is 0 Å². The van der Waals surface area contributed by atoms with Crippen molar-refractivity contribution >= 4 is 7.37 Å². The van der Waals surface area contributed by atoms with E-state index in [1.165, 1.54) is 7.11 Å². The zero-order valence-electron chi connectivity index (χ0n) is 8.19. The molecule has 0 radical (unpaired) electrons. The highest BCUT2D eigenvalue weighted by molar-refractivity contribution is 7.58. The van der Waals surface area contributed by atoms with Gasteiger partial charge in [0.15, 0.2) is 0 Å². The van der Waals surface area contributed by atoms with Gasteiger partial charge in [0.1, 0.15) is 0 Å². The lowest BCUT2D eigenvalue weighted by Crippen LogP contribution is -2.37. The fourth-order valence-electron chi connectivity index (χ4n) is 1.58. The van der Waals surface area contributed by atoms with Crippen molar-refractivity contribution < 1.29 is 14.2 Å². The van der Waals surface area contributed by atoms with E-state index in [0.29, 0.717) is 0 Å². The lowest BCUT2D eigenvalue weighted by molar-refractivity contribution is 0.153. The number of hydrogen-bond donors (Lipinski definition) is 2. The number of aliphatic hydroxyl groups is 1. The molecule has 2 N–H and O–H groups in total. The third kappa shape index (κ3) is 3.39. The maximum Gasteiger partial charge on any atom is 0.202 e.